The van der Waals surface area contributed by atoms with Crippen LogP contribution in [-0.2, 0) is 10.0 Å². The number of rotatable bonds is 4. The van der Waals surface area contributed by atoms with Crippen LogP contribution in [0.25, 0.3) is 0 Å². The van der Waals surface area contributed by atoms with Crippen LogP contribution in [0.1, 0.15) is 12.8 Å². The summed E-state index contributed by atoms with van der Waals surface area (Å²) in [5.74, 6) is 0.349. The molecule has 19 heavy (non-hydrogen) atoms. The third-order valence-electron chi connectivity index (χ3n) is 3.17. The number of nitrogens with one attached hydrogen (secondary N) is 2. The zero-order valence-electron chi connectivity index (χ0n) is 10.3. The Morgan fingerprint density at radius 3 is 2.95 bits per heavy atom. The zero-order chi connectivity index (χ0) is 13.9. The van der Waals surface area contributed by atoms with Crippen molar-refractivity contribution in [2.45, 2.75) is 17.7 Å². The van der Waals surface area contributed by atoms with Gasteiger partial charge in [-0.1, -0.05) is 17.7 Å². The van der Waals surface area contributed by atoms with E-state index in [1.165, 1.54) is 6.07 Å². The lowest BCUT2D eigenvalue weighted by atomic mass is 10.0. The molecule has 1 aromatic rings. The Hall–Kier alpha value is -0.140. The van der Waals surface area contributed by atoms with Crippen molar-refractivity contribution in [3.63, 3.8) is 0 Å². The Kier molecular flexibility index (Phi) is 5.25. The van der Waals surface area contributed by atoms with E-state index in [9.17, 15) is 8.42 Å². The van der Waals surface area contributed by atoms with Crippen LogP contribution in [0, 0.1) is 5.92 Å². The van der Waals surface area contributed by atoms with Gasteiger partial charge in [0.15, 0.2) is 0 Å². The molecule has 1 saturated heterocycles. The van der Waals surface area contributed by atoms with Crippen molar-refractivity contribution in [1.29, 1.82) is 0 Å². The van der Waals surface area contributed by atoms with E-state index >= 15 is 0 Å². The van der Waals surface area contributed by atoms with Gasteiger partial charge in [-0.05, 0) is 59.9 Å². The second kappa shape index (κ2) is 6.54. The Labute approximate surface area is 127 Å². The summed E-state index contributed by atoms with van der Waals surface area (Å²) in [7, 11) is -3.52. The molecule has 0 spiro atoms. The van der Waals surface area contributed by atoms with Gasteiger partial charge >= 0.3 is 0 Å². The number of halogens is 2. The molecule has 1 atom stereocenters. The molecule has 2 rings (SSSR count). The van der Waals surface area contributed by atoms with Crippen LogP contribution in [0.2, 0.25) is 5.02 Å². The van der Waals surface area contributed by atoms with E-state index in [1.807, 2.05) is 0 Å². The fourth-order valence-corrected chi connectivity index (χ4v) is 4.44. The smallest absolute Gasteiger partial charge is 0.241 e. The van der Waals surface area contributed by atoms with Crippen molar-refractivity contribution >= 4 is 37.6 Å². The number of sulfonamides is 1. The standard InChI is InChI=1S/C12H16BrClN2O2S/c13-12-10(14)4-1-5-11(12)19(17,18)16-8-9-3-2-6-15-7-9/h1,4-5,9,15-16H,2-3,6-8H2. The summed E-state index contributed by atoms with van der Waals surface area (Å²) in [4.78, 5) is 0.184. The largest absolute Gasteiger partial charge is 0.316 e. The topological polar surface area (TPSA) is 58.2 Å². The van der Waals surface area contributed by atoms with Crippen molar-refractivity contribution in [2.24, 2.45) is 5.92 Å². The quantitative estimate of drug-likeness (QED) is 0.859. The molecule has 0 amide bonds. The average Bonchev–Trinajstić information content (AvgIpc) is 2.41. The lowest BCUT2D eigenvalue weighted by molar-refractivity contribution is 0.376. The molecule has 106 valence electrons. The summed E-state index contributed by atoms with van der Waals surface area (Å²) in [5.41, 5.74) is 0. The van der Waals surface area contributed by atoms with E-state index in [-0.39, 0.29) is 4.90 Å². The van der Waals surface area contributed by atoms with Gasteiger partial charge in [0.25, 0.3) is 0 Å². The van der Waals surface area contributed by atoms with Gasteiger partial charge in [-0.2, -0.15) is 0 Å². The molecule has 0 aromatic heterocycles. The van der Waals surface area contributed by atoms with Crippen LogP contribution in [0.4, 0.5) is 0 Å². The maximum atomic E-state index is 12.2. The minimum atomic E-state index is -3.52. The first kappa shape index (κ1) is 15.3. The monoisotopic (exact) mass is 366 g/mol. The number of hydrogen-bond donors (Lipinski definition) is 2. The van der Waals surface area contributed by atoms with E-state index in [2.05, 4.69) is 26.0 Å². The minimum Gasteiger partial charge on any atom is -0.316 e. The molecule has 0 saturated carbocycles. The van der Waals surface area contributed by atoms with Crippen LogP contribution in [0.15, 0.2) is 27.6 Å². The summed E-state index contributed by atoms with van der Waals surface area (Å²) >= 11 is 9.14. The second-order valence-corrected chi connectivity index (χ2v) is 7.55. The summed E-state index contributed by atoms with van der Waals surface area (Å²) in [6.45, 7) is 2.33. The molecule has 0 aliphatic carbocycles. The highest BCUT2D eigenvalue weighted by Crippen LogP contribution is 2.29. The van der Waals surface area contributed by atoms with Crippen molar-refractivity contribution in [3.05, 3.63) is 27.7 Å². The first-order chi connectivity index (χ1) is 9.00. The number of piperidine rings is 1. The molecule has 1 heterocycles. The number of hydrogen-bond acceptors (Lipinski definition) is 3. The van der Waals surface area contributed by atoms with Gasteiger partial charge in [0.05, 0.1) is 14.4 Å². The zero-order valence-corrected chi connectivity index (χ0v) is 13.5. The third kappa shape index (κ3) is 3.92. The first-order valence-electron chi connectivity index (χ1n) is 6.15. The van der Waals surface area contributed by atoms with Crippen LogP contribution in [-0.4, -0.2) is 28.1 Å². The van der Waals surface area contributed by atoms with Crippen molar-refractivity contribution < 1.29 is 8.42 Å². The summed E-state index contributed by atoms with van der Waals surface area (Å²) in [6, 6.07) is 4.82. The molecule has 1 aliphatic rings. The molecule has 7 heteroatoms. The van der Waals surface area contributed by atoms with Crippen LogP contribution in [0.3, 0.4) is 0 Å². The van der Waals surface area contributed by atoms with Gasteiger partial charge in [0.2, 0.25) is 10.0 Å². The van der Waals surface area contributed by atoms with Crippen LogP contribution in [0.5, 0.6) is 0 Å². The highest BCUT2D eigenvalue weighted by molar-refractivity contribution is 9.10. The highest BCUT2D eigenvalue weighted by atomic mass is 79.9. The first-order valence-corrected chi connectivity index (χ1v) is 8.80. The SMILES string of the molecule is O=S(=O)(NCC1CCCNC1)c1cccc(Cl)c1Br. The summed E-state index contributed by atoms with van der Waals surface area (Å²) in [6.07, 6.45) is 2.14. The van der Waals surface area contributed by atoms with E-state index < -0.39 is 10.0 Å². The van der Waals surface area contributed by atoms with E-state index in [1.54, 1.807) is 12.1 Å². The average molecular weight is 368 g/mol. The molecule has 1 aliphatic heterocycles. The Morgan fingerprint density at radius 2 is 2.26 bits per heavy atom. The highest BCUT2D eigenvalue weighted by Gasteiger charge is 2.21. The van der Waals surface area contributed by atoms with Gasteiger partial charge in [-0.3, -0.25) is 0 Å². The Morgan fingerprint density at radius 1 is 1.47 bits per heavy atom. The summed E-state index contributed by atoms with van der Waals surface area (Å²) in [5, 5.41) is 3.66. The van der Waals surface area contributed by atoms with Crippen molar-refractivity contribution in [2.75, 3.05) is 19.6 Å². The Bertz CT molecular complexity index is 545. The predicted molar refractivity (Wildman–Crippen MR) is 79.9 cm³/mol. The molecule has 4 nitrogen and oxygen atoms in total. The predicted octanol–water partition coefficient (Wildman–Crippen LogP) is 2.38. The fourth-order valence-electron chi connectivity index (χ4n) is 2.10. The van der Waals surface area contributed by atoms with Crippen LogP contribution < -0.4 is 10.0 Å². The molecule has 1 aromatic carbocycles. The lowest BCUT2D eigenvalue weighted by Gasteiger charge is -2.23. The van der Waals surface area contributed by atoms with Gasteiger partial charge in [0.1, 0.15) is 0 Å². The Balaban J connectivity index is 2.07. The molecule has 0 bridgehead atoms. The molecule has 1 unspecified atom stereocenters. The van der Waals surface area contributed by atoms with E-state index in [4.69, 9.17) is 11.6 Å². The van der Waals surface area contributed by atoms with Crippen molar-refractivity contribution in [1.82, 2.24) is 10.0 Å². The third-order valence-corrected chi connectivity index (χ3v) is 6.29. The van der Waals surface area contributed by atoms with Gasteiger partial charge in [0, 0.05) is 6.54 Å². The fraction of sp³-hybridized carbons (Fsp3) is 0.500. The van der Waals surface area contributed by atoms with Crippen molar-refractivity contribution in [3.8, 4) is 0 Å². The molecule has 2 N–H and O–H groups in total. The summed E-state index contributed by atoms with van der Waals surface area (Å²) < 4.78 is 27.5. The number of benzene rings is 1. The normalized spacial score (nSPS) is 20.4. The van der Waals surface area contributed by atoms with E-state index in [0.29, 0.717) is 22.0 Å². The second-order valence-electron chi connectivity index (χ2n) is 4.62. The van der Waals surface area contributed by atoms with Crippen LogP contribution >= 0.6 is 27.5 Å². The maximum absolute atomic E-state index is 12.2. The maximum Gasteiger partial charge on any atom is 0.241 e. The van der Waals surface area contributed by atoms with Gasteiger partial charge in [-0.25, -0.2) is 13.1 Å². The molecule has 1 fully saturated rings. The molecular formula is C12H16BrClN2O2S. The van der Waals surface area contributed by atoms with Gasteiger partial charge in [-0.15, -0.1) is 0 Å². The van der Waals surface area contributed by atoms with E-state index in [0.717, 1.165) is 25.9 Å². The minimum absolute atomic E-state index is 0.184. The molecule has 0 radical (unpaired) electrons. The lowest BCUT2D eigenvalue weighted by Crippen LogP contribution is -2.38. The van der Waals surface area contributed by atoms with Gasteiger partial charge < -0.3 is 5.32 Å². The molecular weight excluding hydrogens is 352 g/mol.